The van der Waals surface area contributed by atoms with Gasteiger partial charge in [0.2, 0.25) is 11.8 Å². The number of carbonyl (C=O) groups excluding carboxylic acids is 4. The Morgan fingerprint density at radius 1 is 1.14 bits per heavy atom. The van der Waals surface area contributed by atoms with Crippen molar-refractivity contribution in [3.8, 4) is 10.4 Å². The normalized spacial score (nSPS) is 21.1. The van der Waals surface area contributed by atoms with Crippen molar-refractivity contribution in [3.63, 3.8) is 0 Å². The summed E-state index contributed by atoms with van der Waals surface area (Å²) < 4.78 is 14.5. The zero-order valence-corrected chi connectivity index (χ0v) is 25.9. The molecule has 228 valence electrons. The molecule has 0 unspecified atom stereocenters. The molecule has 2 heterocycles. The van der Waals surface area contributed by atoms with E-state index in [2.05, 4.69) is 15.6 Å². The van der Waals surface area contributed by atoms with Gasteiger partial charge in [-0.15, -0.1) is 11.3 Å². The molecule has 0 spiro atoms. The summed E-state index contributed by atoms with van der Waals surface area (Å²) >= 11 is 1.53. The molecule has 1 aromatic carbocycles. The van der Waals surface area contributed by atoms with E-state index in [0.29, 0.717) is 0 Å². The third-order valence-electron chi connectivity index (χ3n) is 8.04. The van der Waals surface area contributed by atoms with E-state index in [1.54, 1.807) is 40.1 Å². The van der Waals surface area contributed by atoms with Gasteiger partial charge in [0.05, 0.1) is 28.2 Å². The molecular weight excluding hydrogens is 559 g/mol. The van der Waals surface area contributed by atoms with Crippen molar-refractivity contribution in [1.29, 1.82) is 0 Å². The monoisotopic (exact) mass is 600 g/mol. The number of rotatable bonds is 10. The number of likely N-dealkylation sites (tertiary alicyclic amines) is 1. The summed E-state index contributed by atoms with van der Waals surface area (Å²) in [6, 6.07) is 4.82. The molecule has 9 nitrogen and oxygen atoms in total. The smallest absolute Gasteiger partial charge is 0.258 e. The minimum atomic E-state index is -1.96. The summed E-state index contributed by atoms with van der Waals surface area (Å²) in [5.74, 6) is -2.17. The molecular formula is C31H41FN4O5S. The van der Waals surface area contributed by atoms with Crippen molar-refractivity contribution in [3.05, 3.63) is 41.0 Å². The Morgan fingerprint density at radius 3 is 2.31 bits per heavy atom. The molecule has 11 heteroatoms. The first-order valence-electron chi connectivity index (χ1n) is 14.4. The van der Waals surface area contributed by atoms with Crippen molar-refractivity contribution in [1.82, 2.24) is 20.5 Å². The Bertz CT molecular complexity index is 1330. The number of β-amino-alcohol motifs (C(OH)–C–C–N with tert-alkyl or cyclic N) is 1. The van der Waals surface area contributed by atoms with E-state index in [1.165, 1.54) is 16.2 Å². The number of aryl methyl sites for hydroxylation is 1. The number of hydrogen-bond donors (Lipinski definition) is 3. The summed E-state index contributed by atoms with van der Waals surface area (Å²) in [5, 5.41) is 16.0. The Hall–Kier alpha value is -3.18. The van der Waals surface area contributed by atoms with Gasteiger partial charge in [0.15, 0.2) is 5.67 Å². The highest BCUT2D eigenvalue weighted by atomic mass is 32.1. The van der Waals surface area contributed by atoms with E-state index in [-0.39, 0.29) is 43.9 Å². The van der Waals surface area contributed by atoms with Crippen LogP contribution < -0.4 is 10.6 Å². The molecule has 2 fully saturated rings. The highest BCUT2D eigenvalue weighted by Crippen LogP contribution is 2.40. The third kappa shape index (κ3) is 7.06. The summed E-state index contributed by atoms with van der Waals surface area (Å²) in [5.41, 5.74) is 1.67. The highest BCUT2D eigenvalue weighted by Gasteiger charge is 2.53. The fourth-order valence-corrected chi connectivity index (χ4v) is 5.93. The number of nitrogens with zero attached hydrogens (tertiary/aromatic N) is 2. The molecule has 1 saturated carbocycles. The predicted octanol–water partition coefficient (Wildman–Crippen LogP) is 3.89. The quantitative estimate of drug-likeness (QED) is 0.380. The number of carbonyl (C=O) groups is 4. The summed E-state index contributed by atoms with van der Waals surface area (Å²) in [7, 11) is 0. The number of Topliss-reactive ketones (excluding diaryl/α,β-unsaturated/α-hetero) is 1. The molecule has 42 heavy (non-hydrogen) atoms. The Morgan fingerprint density at radius 2 is 1.79 bits per heavy atom. The van der Waals surface area contributed by atoms with Crippen LogP contribution in [0.3, 0.4) is 0 Å². The summed E-state index contributed by atoms with van der Waals surface area (Å²) in [4.78, 5) is 59.5. The number of benzene rings is 1. The van der Waals surface area contributed by atoms with E-state index in [1.807, 2.05) is 31.2 Å². The number of nitrogens with one attached hydrogen (secondary N) is 2. The molecule has 2 aliphatic rings. The first kappa shape index (κ1) is 31.7. The topological polar surface area (TPSA) is 129 Å². The van der Waals surface area contributed by atoms with Gasteiger partial charge in [0, 0.05) is 25.3 Å². The summed E-state index contributed by atoms with van der Waals surface area (Å²) in [6.45, 7) is 10.7. The number of aliphatic hydroxyl groups is 1. The molecule has 2 aromatic rings. The summed E-state index contributed by atoms with van der Waals surface area (Å²) in [6.07, 6.45) is -0.666. The lowest BCUT2D eigenvalue weighted by Gasteiger charge is -2.36. The van der Waals surface area contributed by atoms with Crippen LogP contribution in [0.1, 0.15) is 77.6 Å². The second-order valence-electron chi connectivity index (χ2n) is 12.9. The number of halogens is 1. The lowest BCUT2D eigenvalue weighted by atomic mass is 9.85. The number of amides is 3. The van der Waals surface area contributed by atoms with E-state index < -0.39 is 53.0 Å². The van der Waals surface area contributed by atoms with Gasteiger partial charge >= 0.3 is 0 Å². The zero-order chi connectivity index (χ0) is 31.0. The molecule has 1 aliphatic heterocycles. The van der Waals surface area contributed by atoms with Gasteiger partial charge in [-0.2, -0.15) is 0 Å². The minimum Gasteiger partial charge on any atom is -0.391 e. The fourth-order valence-electron chi connectivity index (χ4n) is 5.12. The number of alkyl halides is 1. The maximum atomic E-state index is 14.5. The second-order valence-corrected chi connectivity index (χ2v) is 13.8. The van der Waals surface area contributed by atoms with Gasteiger partial charge in [-0.05, 0) is 36.3 Å². The SMILES string of the molecule is Cc1ncsc1-c1ccc([C@@H](CC(=O)C(C)C)NC(=O)[C@@H]2C[C@@H](O)CN2C(=O)[C@@H](NC(=O)C2(F)CC2)C(C)(C)C)cc1. The minimum absolute atomic E-state index is 0.00384. The molecule has 4 rings (SSSR count). The number of thiazole rings is 1. The van der Waals surface area contributed by atoms with Crippen LogP contribution in [0.4, 0.5) is 4.39 Å². The van der Waals surface area contributed by atoms with Gasteiger partial charge < -0.3 is 20.6 Å². The van der Waals surface area contributed by atoms with Crippen molar-refractivity contribution in [2.75, 3.05) is 6.54 Å². The molecule has 0 bridgehead atoms. The first-order chi connectivity index (χ1) is 19.6. The maximum absolute atomic E-state index is 14.5. The van der Waals surface area contributed by atoms with Gasteiger partial charge in [-0.1, -0.05) is 58.9 Å². The standard InChI is InChI=1S/C31H41FN4O5S/c1-17(2)24(38)14-22(19-7-9-20(10-8-19)25-18(3)33-16-42-25)34-27(39)23-13-21(37)15-36(23)28(40)26(30(4,5)6)35-29(41)31(32)11-12-31/h7-10,16-17,21-23,26,37H,11-15H2,1-6H3,(H,34,39)(H,35,41)/t21-,22-,23+,26-/m1/s1. The van der Waals surface area contributed by atoms with Gasteiger partial charge in [-0.3, -0.25) is 19.2 Å². The maximum Gasteiger partial charge on any atom is 0.258 e. The molecule has 1 aliphatic carbocycles. The van der Waals surface area contributed by atoms with Crippen molar-refractivity contribution >= 4 is 34.8 Å². The van der Waals surface area contributed by atoms with Gasteiger partial charge in [-0.25, -0.2) is 9.37 Å². The highest BCUT2D eigenvalue weighted by molar-refractivity contribution is 7.13. The van der Waals surface area contributed by atoms with Crippen molar-refractivity contribution < 1.29 is 28.7 Å². The molecule has 0 radical (unpaired) electrons. The molecule has 1 aromatic heterocycles. The van der Waals surface area contributed by atoms with Crippen LogP contribution in [0.15, 0.2) is 29.8 Å². The number of hydrogen-bond acceptors (Lipinski definition) is 7. The van der Waals surface area contributed by atoms with Crippen LogP contribution in [0.25, 0.3) is 10.4 Å². The van der Waals surface area contributed by atoms with Crippen LogP contribution in [0.2, 0.25) is 0 Å². The van der Waals surface area contributed by atoms with Crippen LogP contribution in [0, 0.1) is 18.3 Å². The van der Waals surface area contributed by atoms with Crippen LogP contribution in [-0.2, 0) is 19.2 Å². The van der Waals surface area contributed by atoms with E-state index in [4.69, 9.17) is 0 Å². The van der Waals surface area contributed by atoms with Crippen LogP contribution in [-0.4, -0.2) is 68.9 Å². The van der Waals surface area contributed by atoms with E-state index in [0.717, 1.165) is 21.7 Å². The fraction of sp³-hybridized carbons (Fsp3) is 0.581. The average Bonchev–Trinajstić information content (AvgIpc) is 3.33. The van der Waals surface area contributed by atoms with Gasteiger partial charge in [0.25, 0.3) is 5.91 Å². The first-order valence-corrected chi connectivity index (χ1v) is 15.3. The van der Waals surface area contributed by atoms with E-state index in [9.17, 15) is 28.7 Å². The molecule has 1 saturated heterocycles. The van der Waals surface area contributed by atoms with Crippen molar-refractivity contribution in [2.24, 2.45) is 11.3 Å². The lowest BCUT2D eigenvalue weighted by molar-refractivity contribution is -0.145. The molecule has 3 N–H and O–H groups in total. The van der Waals surface area contributed by atoms with Crippen LogP contribution in [0.5, 0.6) is 0 Å². The van der Waals surface area contributed by atoms with Crippen molar-refractivity contribution in [2.45, 2.75) is 97.1 Å². The number of aromatic nitrogens is 1. The third-order valence-corrected chi connectivity index (χ3v) is 9.01. The Balaban J connectivity index is 1.56. The molecule has 3 amide bonds. The zero-order valence-electron chi connectivity index (χ0n) is 25.1. The Labute approximate surface area is 250 Å². The Kier molecular flexibility index (Phi) is 9.22. The predicted molar refractivity (Wildman–Crippen MR) is 158 cm³/mol. The van der Waals surface area contributed by atoms with Crippen LogP contribution >= 0.6 is 11.3 Å². The van der Waals surface area contributed by atoms with E-state index >= 15 is 0 Å². The molecule has 4 atom stereocenters. The van der Waals surface area contributed by atoms with Gasteiger partial charge in [0.1, 0.15) is 17.9 Å². The lowest BCUT2D eigenvalue weighted by Crippen LogP contribution is -2.59. The average molecular weight is 601 g/mol. The second kappa shape index (κ2) is 12.2. The number of aliphatic hydroxyl groups excluding tert-OH is 1. The largest absolute Gasteiger partial charge is 0.391 e. The number of ketones is 1.